The van der Waals surface area contributed by atoms with Gasteiger partial charge in [0.1, 0.15) is 16.7 Å². The van der Waals surface area contributed by atoms with Crippen LogP contribution in [0, 0.1) is 0 Å². The molecule has 0 saturated heterocycles. The fourth-order valence-corrected chi connectivity index (χ4v) is 8.75. The van der Waals surface area contributed by atoms with Gasteiger partial charge in [-0.3, -0.25) is 0 Å². The zero-order chi connectivity index (χ0) is 38.9. The largest absolute Gasteiger partial charge is 0.456 e. The molecule has 4 heteroatoms. The van der Waals surface area contributed by atoms with Crippen molar-refractivity contribution < 1.29 is 8.83 Å². The molecule has 0 aliphatic heterocycles. The third-order valence-corrected chi connectivity index (χ3v) is 11.7. The number of hydrogen-bond acceptors (Lipinski definition) is 4. The average Bonchev–Trinajstić information content (AvgIpc) is 3.91. The minimum Gasteiger partial charge on any atom is -0.456 e. The maximum atomic E-state index is 6.23. The lowest BCUT2D eigenvalue weighted by Gasteiger charge is -2.26. The van der Waals surface area contributed by atoms with Crippen LogP contribution in [-0.2, 0) is 0 Å². The lowest BCUT2D eigenvalue weighted by Crippen LogP contribution is -2.09. The Morgan fingerprint density at radius 1 is 0.339 bits per heavy atom. The molecule has 12 rings (SSSR count). The number of rotatable bonds is 6. The fourth-order valence-electron chi connectivity index (χ4n) is 8.75. The van der Waals surface area contributed by atoms with Crippen molar-refractivity contribution in [3.63, 3.8) is 0 Å². The first-order valence-electron chi connectivity index (χ1n) is 19.9. The molecular formula is C55H34N2O2. The van der Waals surface area contributed by atoms with Gasteiger partial charge < -0.3 is 13.7 Å². The van der Waals surface area contributed by atoms with Crippen LogP contribution < -0.4 is 4.90 Å². The van der Waals surface area contributed by atoms with Crippen molar-refractivity contribution in [2.75, 3.05) is 4.90 Å². The number of benzene rings is 10. The van der Waals surface area contributed by atoms with Crippen LogP contribution in [0.1, 0.15) is 0 Å². The van der Waals surface area contributed by atoms with Crippen LogP contribution in [0.2, 0.25) is 0 Å². The molecule has 0 bridgehead atoms. The highest BCUT2D eigenvalue weighted by atomic mass is 16.3. The summed E-state index contributed by atoms with van der Waals surface area (Å²) in [6.07, 6.45) is 0. The molecule has 0 N–H and O–H groups in total. The summed E-state index contributed by atoms with van der Waals surface area (Å²) in [6.45, 7) is 0. The molecule has 0 amide bonds. The summed E-state index contributed by atoms with van der Waals surface area (Å²) in [7, 11) is 0. The minimum absolute atomic E-state index is 0.607. The Kier molecular flexibility index (Phi) is 7.50. The lowest BCUT2D eigenvalue weighted by atomic mass is 9.96. The maximum absolute atomic E-state index is 6.23. The van der Waals surface area contributed by atoms with E-state index in [2.05, 4.69) is 169 Å². The lowest BCUT2D eigenvalue weighted by molar-refractivity contribution is 0.620. The van der Waals surface area contributed by atoms with E-state index in [1.165, 1.54) is 43.4 Å². The Balaban J connectivity index is 0.950. The van der Waals surface area contributed by atoms with Gasteiger partial charge in [0, 0.05) is 33.4 Å². The van der Waals surface area contributed by atoms with Crippen molar-refractivity contribution >= 4 is 82.4 Å². The van der Waals surface area contributed by atoms with Crippen molar-refractivity contribution in [3.05, 3.63) is 206 Å². The monoisotopic (exact) mass is 754 g/mol. The van der Waals surface area contributed by atoms with Crippen LogP contribution >= 0.6 is 0 Å². The summed E-state index contributed by atoms with van der Waals surface area (Å²) in [4.78, 5) is 7.07. The van der Waals surface area contributed by atoms with Gasteiger partial charge in [-0.15, -0.1) is 0 Å². The van der Waals surface area contributed by atoms with Crippen LogP contribution in [0.3, 0.4) is 0 Å². The molecule has 0 atom stereocenters. The topological polar surface area (TPSA) is 42.4 Å². The van der Waals surface area contributed by atoms with Crippen molar-refractivity contribution in [1.82, 2.24) is 4.98 Å². The SMILES string of the molecule is c1ccc2cc(-c3ccc4c(ccc5cc(N(c6ccc(-c7nc8ccccc8o7)cc6)c6ccc(-c7cccc8oc9ccccc9c78)cc6)ccc54)c3)ccc2c1. The molecule has 0 aliphatic carbocycles. The molecule has 2 heterocycles. The number of anilines is 3. The standard InChI is InChI=1S/C55H34N2O2/c1-2-9-38-32-39(17-16-35(38)8-1)40-24-30-46-41(33-40)18-19-42-34-45(29-31-47(42)46)57(44-27-22-37(23-28-44)55-56-50-12-4-6-14-52(50)59-55)43-25-20-36(21-26-43)48-11-7-15-53-54(48)49-10-3-5-13-51(49)58-53/h1-34H. The molecule has 0 aliphatic rings. The van der Waals surface area contributed by atoms with Gasteiger partial charge in [0.2, 0.25) is 5.89 Å². The van der Waals surface area contributed by atoms with Crippen molar-refractivity contribution in [3.8, 4) is 33.7 Å². The fraction of sp³-hybridized carbons (Fsp3) is 0. The van der Waals surface area contributed by atoms with E-state index in [4.69, 9.17) is 13.8 Å². The van der Waals surface area contributed by atoms with E-state index in [9.17, 15) is 0 Å². The predicted molar refractivity (Wildman–Crippen MR) is 245 cm³/mol. The Labute approximate surface area is 339 Å². The molecule has 12 aromatic rings. The van der Waals surface area contributed by atoms with Crippen LogP contribution in [0.4, 0.5) is 17.1 Å². The molecule has 0 saturated carbocycles. The van der Waals surface area contributed by atoms with Gasteiger partial charge in [0.15, 0.2) is 5.58 Å². The van der Waals surface area contributed by atoms with E-state index in [1.807, 2.05) is 42.5 Å². The van der Waals surface area contributed by atoms with Crippen molar-refractivity contribution in [1.29, 1.82) is 0 Å². The van der Waals surface area contributed by atoms with E-state index < -0.39 is 0 Å². The molecule has 10 aromatic carbocycles. The van der Waals surface area contributed by atoms with Crippen LogP contribution in [-0.4, -0.2) is 4.98 Å². The van der Waals surface area contributed by atoms with Gasteiger partial charge >= 0.3 is 0 Å². The van der Waals surface area contributed by atoms with E-state index in [-0.39, 0.29) is 0 Å². The average molecular weight is 755 g/mol. The molecule has 0 fully saturated rings. The van der Waals surface area contributed by atoms with E-state index >= 15 is 0 Å². The first kappa shape index (κ1) is 33.2. The van der Waals surface area contributed by atoms with Crippen molar-refractivity contribution in [2.24, 2.45) is 0 Å². The zero-order valence-corrected chi connectivity index (χ0v) is 31.8. The van der Waals surface area contributed by atoms with Gasteiger partial charge in [-0.05, 0) is 140 Å². The Hall–Kier alpha value is -7.95. The second-order valence-electron chi connectivity index (χ2n) is 15.2. The number of furan rings is 1. The highest BCUT2D eigenvalue weighted by Crippen LogP contribution is 2.41. The molecule has 276 valence electrons. The third-order valence-electron chi connectivity index (χ3n) is 11.7. The van der Waals surface area contributed by atoms with Gasteiger partial charge in [-0.2, -0.15) is 0 Å². The predicted octanol–water partition coefficient (Wildman–Crippen LogP) is 15.7. The number of oxazole rings is 1. The van der Waals surface area contributed by atoms with Gasteiger partial charge in [0.25, 0.3) is 0 Å². The number of aromatic nitrogens is 1. The summed E-state index contributed by atoms with van der Waals surface area (Å²) in [5, 5.41) is 9.61. The first-order chi connectivity index (χ1) is 29.2. The minimum atomic E-state index is 0.607. The number of para-hydroxylation sites is 3. The second kappa shape index (κ2) is 13.3. The molecule has 0 spiro atoms. The van der Waals surface area contributed by atoms with Gasteiger partial charge in [0.05, 0.1) is 0 Å². The van der Waals surface area contributed by atoms with E-state index in [1.54, 1.807) is 0 Å². The third kappa shape index (κ3) is 5.65. The van der Waals surface area contributed by atoms with Crippen LogP contribution in [0.25, 0.3) is 99.1 Å². The molecule has 59 heavy (non-hydrogen) atoms. The van der Waals surface area contributed by atoms with Gasteiger partial charge in [-0.25, -0.2) is 4.98 Å². The smallest absolute Gasteiger partial charge is 0.227 e. The summed E-state index contributed by atoms with van der Waals surface area (Å²) in [5.41, 5.74) is 12.2. The summed E-state index contributed by atoms with van der Waals surface area (Å²) < 4.78 is 12.4. The van der Waals surface area contributed by atoms with E-state index in [0.29, 0.717) is 5.89 Å². The Bertz CT molecular complexity index is 3530. The molecule has 0 unspecified atom stereocenters. The van der Waals surface area contributed by atoms with Gasteiger partial charge in [-0.1, -0.05) is 121 Å². The quantitative estimate of drug-likeness (QED) is 0.159. The molecule has 0 radical (unpaired) electrons. The highest BCUT2D eigenvalue weighted by Gasteiger charge is 2.17. The van der Waals surface area contributed by atoms with E-state index in [0.717, 1.165) is 66.8 Å². The van der Waals surface area contributed by atoms with Crippen molar-refractivity contribution in [2.45, 2.75) is 0 Å². The number of nitrogens with zero attached hydrogens (tertiary/aromatic N) is 2. The maximum Gasteiger partial charge on any atom is 0.227 e. The Morgan fingerprint density at radius 3 is 1.71 bits per heavy atom. The second-order valence-corrected chi connectivity index (χ2v) is 15.2. The molecular weight excluding hydrogens is 721 g/mol. The first-order valence-corrected chi connectivity index (χ1v) is 19.9. The normalized spacial score (nSPS) is 11.7. The number of fused-ring (bicyclic) bond motifs is 8. The highest BCUT2D eigenvalue weighted by molar-refractivity contribution is 6.13. The Morgan fingerprint density at radius 2 is 0.915 bits per heavy atom. The molecule has 4 nitrogen and oxygen atoms in total. The summed E-state index contributed by atoms with van der Waals surface area (Å²) in [5.74, 6) is 0.607. The van der Waals surface area contributed by atoms with Crippen LogP contribution in [0.15, 0.2) is 215 Å². The summed E-state index contributed by atoms with van der Waals surface area (Å²) >= 11 is 0. The van der Waals surface area contributed by atoms with Crippen LogP contribution in [0.5, 0.6) is 0 Å². The molecule has 2 aromatic heterocycles. The zero-order valence-electron chi connectivity index (χ0n) is 31.8. The number of hydrogen-bond donors (Lipinski definition) is 0. The summed E-state index contributed by atoms with van der Waals surface area (Å²) in [6, 6.07) is 73.1.